The van der Waals surface area contributed by atoms with Crippen LogP contribution in [0.4, 0.5) is 5.69 Å². The van der Waals surface area contributed by atoms with Gasteiger partial charge in [0.05, 0.1) is 0 Å². The number of rotatable bonds is 3. The molecule has 0 amide bonds. The van der Waals surface area contributed by atoms with E-state index in [0.717, 1.165) is 10.2 Å². The molecule has 1 rings (SSSR count). The van der Waals surface area contributed by atoms with Crippen LogP contribution in [0.2, 0.25) is 0 Å². The van der Waals surface area contributed by atoms with Gasteiger partial charge in [0.15, 0.2) is 0 Å². The van der Waals surface area contributed by atoms with E-state index in [9.17, 15) is 0 Å². The second kappa shape index (κ2) is 4.48. The molecule has 12 heavy (non-hydrogen) atoms. The summed E-state index contributed by atoms with van der Waals surface area (Å²) in [5, 5.41) is 3.15. The molecule has 66 valence electrons. The quantitative estimate of drug-likeness (QED) is 0.806. The first-order chi connectivity index (χ1) is 5.74. The second-order valence-corrected chi connectivity index (χ2v) is 3.48. The molecule has 3 heteroatoms. The number of ether oxygens (including phenoxy) is 1. The standard InChI is InChI=1S/C9H12BrNO/c1-7-5-8(10)3-4-9(7)11-6-12-2/h3-5,11H,6H2,1-2H3. The maximum atomic E-state index is 4.91. The summed E-state index contributed by atoms with van der Waals surface area (Å²) in [6, 6.07) is 6.10. The van der Waals surface area contributed by atoms with Crippen LogP contribution in [0.15, 0.2) is 22.7 Å². The third kappa shape index (κ3) is 2.50. The maximum Gasteiger partial charge on any atom is 0.116 e. The lowest BCUT2D eigenvalue weighted by molar-refractivity contribution is 0.221. The Morgan fingerprint density at radius 1 is 1.50 bits per heavy atom. The molecule has 1 N–H and O–H groups in total. The highest BCUT2D eigenvalue weighted by atomic mass is 79.9. The Morgan fingerprint density at radius 2 is 2.25 bits per heavy atom. The maximum absolute atomic E-state index is 4.91. The zero-order chi connectivity index (χ0) is 8.97. The van der Waals surface area contributed by atoms with E-state index in [1.54, 1.807) is 7.11 Å². The molecular formula is C9H12BrNO. The Balaban J connectivity index is 2.72. The van der Waals surface area contributed by atoms with Crippen molar-refractivity contribution in [2.45, 2.75) is 6.92 Å². The fourth-order valence-electron chi connectivity index (χ4n) is 0.975. The molecule has 0 aliphatic heterocycles. The van der Waals surface area contributed by atoms with Crippen molar-refractivity contribution in [3.8, 4) is 0 Å². The summed E-state index contributed by atoms with van der Waals surface area (Å²) in [6.45, 7) is 2.60. The molecule has 0 fully saturated rings. The first kappa shape index (κ1) is 9.55. The highest BCUT2D eigenvalue weighted by Crippen LogP contribution is 2.19. The lowest BCUT2D eigenvalue weighted by atomic mass is 10.2. The van der Waals surface area contributed by atoms with Gasteiger partial charge in [0.25, 0.3) is 0 Å². The summed E-state index contributed by atoms with van der Waals surface area (Å²) in [5.41, 5.74) is 2.32. The van der Waals surface area contributed by atoms with Gasteiger partial charge >= 0.3 is 0 Å². The van der Waals surface area contributed by atoms with Crippen LogP contribution in [0.1, 0.15) is 5.56 Å². The SMILES string of the molecule is COCNc1ccc(Br)cc1C. The topological polar surface area (TPSA) is 21.3 Å². The van der Waals surface area contributed by atoms with Gasteiger partial charge in [-0.2, -0.15) is 0 Å². The first-order valence-electron chi connectivity index (χ1n) is 3.73. The van der Waals surface area contributed by atoms with Crippen LogP contribution in [0, 0.1) is 6.92 Å². The fourth-order valence-corrected chi connectivity index (χ4v) is 1.45. The van der Waals surface area contributed by atoms with Gasteiger partial charge in [0.2, 0.25) is 0 Å². The van der Waals surface area contributed by atoms with Gasteiger partial charge in [-0.3, -0.25) is 0 Å². The molecule has 0 saturated carbocycles. The average Bonchev–Trinajstić information content (AvgIpc) is 2.03. The Hall–Kier alpha value is -0.540. The zero-order valence-electron chi connectivity index (χ0n) is 7.23. The molecule has 0 aliphatic rings. The van der Waals surface area contributed by atoms with Crippen molar-refractivity contribution in [2.24, 2.45) is 0 Å². The molecule has 0 atom stereocenters. The van der Waals surface area contributed by atoms with Gasteiger partial charge in [-0.1, -0.05) is 15.9 Å². The van der Waals surface area contributed by atoms with Crippen molar-refractivity contribution < 1.29 is 4.74 Å². The highest BCUT2D eigenvalue weighted by Gasteiger charge is 1.96. The van der Waals surface area contributed by atoms with E-state index in [1.807, 2.05) is 12.1 Å². The Bertz CT molecular complexity index is 263. The van der Waals surface area contributed by atoms with E-state index >= 15 is 0 Å². The van der Waals surface area contributed by atoms with Gasteiger partial charge in [-0.25, -0.2) is 0 Å². The number of anilines is 1. The lowest BCUT2D eigenvalue weighted by Crippen LogP contribution is -2.03. The molecule has 1 aromatic rings. The van der Waals surface area contributed by atoms with Crippen LogP contribution in [-0.4, -0.2) is 13.8 Å². The van der Waals surface area contributed by atoms with E-state index in [0.29, 0.717) is 6.73 Å². The van der Waals surface area contributed by atoms with E-state index in [2.05, 4.69) is 34.2 Å². The molecule has 0 aromatic heterocycles. The molecule has 1 aromatic carbocycles. The number of halogens is 1. The summed E-state index contributed by atoms with van der Waals surface area (Å²) in [4.78, 5) is 0. The molecule has 0 radical (unpaired) electrons. The molecule has 0 saturated heterocycles. The minimum atomic E-state index is 0.544. The number of hydrogen-bond donors (Lipinski definition) is 1. The molecule has 0 bridgehead atoms. The normalized spacial score (nSPS) is 9.92. The number of benzene rings is 1. The zero-order valence-corrected chi connectivity index (χ0v) is 8.81. The molecule has 0 spiro atoms. The predicted octanol–water partition coefficient (Wildman–Crippen LogP) is 2.77. The fraction of sp³-hybridized carbons (Fsp3) is 0.333. The average molecular weight is 230 g/mol. The summed E-state index contributed by atoms with van der Waals surface area (Å²) in [5.74, 6) is 0. The van der Waals surface area contributed by atoms with Gasteiger partial charge in [-0.15, -0.1) is 0 Å². The summed E-state index contributed by atoms with van der Waals surface area (Å²) in [7, 11) is 1.67. The monoisotopic (exact) mass is 229 g/mol. The molecule has 2 nitrogen and oxygen atoms in total. The van der Waals surface area contributed by atoms with Crippen molar-refractivity contribution in [3.05, 3.63) is 28.2 Å². The molecular weight excluding hydrogens is 218 g/mol. The van der Waals surface area contributed by atoms with Crippen LogP contribution in [0.5, 0.6) is 0 Å². The van der Waals surface area contributed by atoms with Crippen molar-refractivity contribution in [2.75, 3.05) is 19.2 Å². The smallest absolute Gasteiger partial charge is 0.116 e. The van der Waals surface area contributed by atoms with Gasteiger partial charge < -0.3 is 10.1 Å². The number of aryl methyl sites for hydroxylation is 1. The molecule has 0 unspecified atom stereocenters. The third-order valence-electron chi connectivity index (χ3n) is 1.60. The number of nitrogens with one attached hydrogen (secondary N) is 1. The summed E-state index contributed by atoms with van der Waals surface area (Å²) >= 11 is 3.41. The van der Waals surface area contributed by atoms with E-state index < -0.39 is 0 Å². The predicted molar refractivity (Wildman–Crippen MR) is 54.4 cm³/mol. The summed E-state index contributed by atoms with van der Waals surface area (Å²) in [6.07, 6.45) is 0. The summed E-state index contributed by atoms with van der Waals surface area (Å²) < 4.78 is 6.01. The first-order valence-corrected chi connectivity index (χ1v) is 4.52. The van der Waals surface area contributed by atoms with Crippen LogP contribution in [0.25, 0.3) is 0 Å². The van der Waals surface area contributed by atoms with E-state index in [4.69, 9.17) is 4.74 Å². The van der Waals surface area contributed by atoms with Gasteiger partial charge in [0, 0.05) is 17.3 Å². The van der Waals surface area contributed by atoms with Crippen LogP contribution in [-0.2, 0) is 4.74 Å². The molecule has 0 heterocycles. The molecule has 0 aliphatic carbocycles. The van der Waals surface area contributed by atoms with Crippen molar-refractivity contribution >= 4 is 21.6 Å². The highest BCUT2D eigenvalue weighted by molar-refractivity contribution is 9.10. The Labute approximate surface area is 81.1 Å². The van der Waals surface area contributed by atoms with Gasteiger partial charge in [-0.05, 0) is 30.7 Å². The second-order valence-electron chi connectivity index (χ2n) is 2.57. The van der Waals surface area contributed by atoms with Crippen molar-refractivity contribution in [3.63, 3.8) is 0 Å². The number of hydrogen-bond acceptors (Lipinski definition) is 2. The third-order valence-corrected chi connectivity index (χ3v) is 2.09. The number of methoxy groups -OCH3 is 1. The van der Waals surface area contributed by atoms with Crippen LogP contribution >= 0.6 is 15.9 Å². The van der Waals surface area contributed by atoms with Crippen molar-refractivity contribution in [1.82, 2.24) is 0 Å². The Kier molecular flexibility index (Phi) is 3.56. The largest absolute Gasteiger partial charge is 0.365 e. The van der Waals surface area contributed by atoms with Crippen molar-refractivity contribution in [1.29, 1.82) is 0 Å². The minimum Gasteiger partial charge on any atom is -0.365 e. The minimum absolute atomic E-state index is 0.544. The Morgan fingerprint density at radius 3 is 2.83 bits per heavy atom. The van der Waals surface area contributed by atoms with E-state index in [-0.39, 0.29) is 0 Å². The van der Waals surface area contributed by atoms with E-state index in [1.165, 1.54) is 5.56 Å². The van der Waals surface area contributed by atoms with Crippen LogP contribution in [0.3, 0.4) is 0 Å². The van der Waals surface area contributed by atoms with Crippen LogP contribution < -0.4 is 5.32 Å². The van der Waals surface area contributed by atoms with Gasteiger partial charge in [0.1, 0.15) is 6.73 Å². The lowest BCUT2D eigenvalue weighted by Gasteiger charge is -2.08.